The van der Waals surface area contributed by atoms with Crippen LogP contribution < -0.4 is 0 Å². The summed E-state index contributed by atoms with van der Waals surface area (Å²) < 4.78 is 0. The van der Waals surface area contributed by atoms with Crippen LogP contribution >= 0.6 is 11.6 Å². The van der Waals surface area contributed by atoms with Crippen molar-refractivity contribution < 1.29 is 4.79 Å². The summed E-state index contributed by atoms with van der Waals surface area (Å²) in [5.74, 6) is 0.672. The highest BCUT2D eigenvalue weighted by Gasteiger charge is 2.24. The number of carbonyl (C=O) groups is 1. The molecule has 13 heavy (non-hydrogen) atoms. The Kier molecular flexibility index (Phi) is 4.46. The van der Waals surface area contributed by atoms with Gasteiger partial charge in [0.2, 0.25) is 0 Å². The third kappa shape index (κ3) is 3.12. The number of hydrogen-bond donors (Lipinski definition) is 0. The zero-order valence-electron chi connectivity index (χ0n) is 8.00. The van der Waals surface area contributed by atoms with Crippen LogP contribution in [0.15, 0.2) is 11.6 Å². The van der Waals surface area contributed by atoms with Crippen LogP contribution in [-0.4, -0.2) is 30.3 Å². The van der Waals surface area contributed by atoms with E-state index >= 15 is 0 Å². The number of hydrogen-bond acceptors (Lipinski definition) is 2. The second kappa shape index (κ2) is 5.40. The first-order valence-corrected chi connectivity index (χ1v) is 5.21. The van der Waals surface area contributed by atoms with Gasteiger partial charge in [-0.25, -0.2) is 0 Å². The average molecular weight is 202 g/mol. The van der Waals surface area contributed by atoms with E-state index in [1.54, 1.807) is 0 Å². The zero-order valence-corrected chi connectivity index (χ0v) is 8.76. The fourth-order valence-electron chi connectivity index (χ4n) is 1.69. The topological polar surface area (TPSA) is 20.3 Å². The second-order valence-electron chi connectivity index (χ2n) is 3.44. The van der Waals surface area contributed by atoms with Crippen LogP contribution in [0.3, 0.4) is 0 Å². The molecule has 1 saturated heterocycles. The van der Waals surface area contributed by atoms with Crippen molar-refractivity contribution in [3.05, 3.63) is 11.6 Å². The van der Waals surface area contributed by atoms with Crippen molar-refractivity contribution in [3.8, 4) is 0 Å². The molecule has 0 saturated carbocycles. The maximum absolute atomic E-state index is 11.4. The van der Waals surface area contributed by atoms with Crippen molar-refractivity contribution in [1.29, 1.82) is 0 Å². The molecule has 0 aromatic carbocycles. The van der Waals surface area contributed by atoms with Gasteiger partial charge >= 0.3 is 0 Å². The van der Waals surface area contributed by atoms with Gasteiger partial charge in [0.1, 0.15) is 5.78 Å². The van der Waals surface area contributed by atoms with Crippen molar-refractivity contribution in [1.82, 2.24) is 4.90 Å². The van der Waals surface area contributed by atoms with E-state index in [1.807, 2.05) is 6.08 Å². The van der Waals surface area contributed by atoms with Gasteiger partial charge in [-0.05, 0) is 6.42 Å². The van der Waals surface area contributed by atoms with E-state index in [2.05, 4.69) is 11.8 Å². The number of nitrogens with zero attached hydrogens (tertiary/aromatic N) is 1. The van der Waals surface area contributed by atoms with E-state index in [1.165, 1.54) is 5.54 Å². The fourth-order valence-corrected chi connectivity index (χ4v) is 1.77. The molecule has 3 heteroatoms. The molecule has 0 spiro atoms. The molecule has 2 nitrogen and oxygen atoms in total. The zero-order chi connectivity index (χ0) is 9.68. The number of piperidine rings is 1. The van der Waals surface area contributed by atoms with Crippen LogP contribution in [-0.2, 0) is 4.79 Å². The highest BCUT2D eigenvalue weighted by molar-refractivity contribution is 6.25. The number of ketones is 1. The Balaban J connectivity index is 2.40. The molecule has 0 radical (unpaired) electrons. The van der Waals surface area contributed by atoms with Gasteiger partial charge in [-0.15, -0.1) is 0 Å². The maximum Gasteiger partial charge on any atom is 0.138 e. The lowest BCUT2D eigenvalue weighted by molar-refractivity contribution is -0.126. The Labute approximate surface area is 84.6 Å². The molecule has 0 amide bonds. The normalized spacial score (nSPS) is 25.7. The molecule has 74 valence electrons. The smallest absolute Gasteiger partial charge is 0.138 e. The van der Waals surface area contributed by atoms with Gasteiger partial charge in [0.05, 0.1) is 0 Å². The minimum atomic E-state index is 0.248. The van der Waals surface area contributed by atoms with Crippen LogP contribution in [0, 0.1) is 5.92 Å². The number of rotatable bonds is 3. The van der Waals surface area contributed by atoms with Crippen LogP contribution in [0.4, 0.5) is 0 Å². The Morgan fingerprint density at radius 2 is 2.46 bits per heavy atom. The minimum Gasteiger partial charge on any atom is -0.299 e. The summed E-state index contributed by atoms with van der Waals surface area (Å²) in [5, 5.41) is 0. The van der Waals surface area contributed by atoms with Crippen LogP contribution in [0.5, 0.6) is 0 Å². The first kappa shape index (κ1) is 10.7. The molecule has 1 aliphatic heterocycles. The van der Waals surface area contributed by atoms with E-state index in [0.717, 1.165) is 26.1 Å². The van der Waals surface area contributed by atoms with E-state index in [0.29, 0.717) is 12.2 Å². The molecule has 1 aliphatic rings. The van der Waals surface area contributed by atoms with Crippen LogP contribution in [0.25, 0.3) is 0 Å². The second-order valence-corrected chi connectivity index (χ2v) is 3.69. The monoisotopic (exact) mass is 201 g/mol. The van der Waals surface area contributed by atoms with Gasteiger partial charge in [-0.3, -0.25) is 9.69 Å². The Bertz CT molecular complexity index is 203. The molecule has 1 heterocycles. The van der Waals surface area contributed by atoms with E-state index in [9.17, 15) is 4.79 Å². The summed E-state index contributed by atoms with van der Waals surface area (Å²) >= 11 is 5.45. The number of likely N-dealkylation sites (tertiary alicyclic amines) is 1. The van der Waals surface area contributed by atoms with Gasteiger partial charge in [0.25, 0.3) is 0 Å². The lowest BCUT2D eigenvalue weighted by atomic mass is 9.94. The maximum atomic E-state index is 11.4. The molecular weight excluding hydrogens is 186 g/mol. The van der Waals surface area contributed by atoms with E-state index in [-0.39, 0.29) is 5.92 Å². The van der Waals surface area contributed by atoms with Crippen LogP contribution in [0.1, 0.15) is 19.8 Å². The largest absolute Gasteiger partial charge is 0.299 e. The van der Waals surface area contributed by atoms with Gasteiger partial charge in [0, 0.05) is 37.5 Å². The Morgan fingerprint density at radius 3 is 3.08 bits per heavy atom. The Hall–Kier alpha value is -0.340. The molecule has 1 unspecified atom stereocenters. The number of carbonyl (C=O) groups excluding carboxylic acids is 1. The summed E-state index contributed by atoms with van der Waals surface area (Å²) in [5.41, 5.74) is 1.54. The van der Waals surface area contributed by atoms with E-state index < -0.39 is 0 Å². The third-order valence-corrected chi connectivity index (χ3v) is 2.73. The van der Waals surface area contributed by atoms with Crippen LogP contribution in [0.2, 0.25) is 0 Å². The standard InChI is InChI=1S/C10H16ClNO/c1-2-9-8-12(6-3-5-11)7-4-10(9)13/h3,5,9H,2,4,6-8H2,1H3/b5-3+. The van der Waals surface area contributed by atoms with Crippen molar-refractivity contribution >= 4 is 17.4 Å². The third-order valence-electron chi connectivity index (χ3n) is 2.55. The van der Waals surface area contributed by atoms with Crippen molar-refractivity contribution in [2.75, 3.05) is 19.6 Å². The predicted molar refractivity (Wildman–Crippen MR) is 54.8 cm³/mol. The van der Waals surface area contributed by atoms with Gasteiger partial charge in [0.15, 0.2) is 0 Å². The SMILES string of the molecule is CCC1CN(C/C=C/Cl)CCC1=O. The first-order valence-electron chi connectivity index (χ1n) is 4.78. The van der Waals surface area contributed by atoms with Gasteiger partial charge < -0.3 is 0 Å². The molecule has 0 aromatic rings. The summed E-state index contributed by atoms with van der Waals surface area (Å²) in [6.45, 7) is 4.73. The molecule has 1 fully saturated rings. The fraction of sp³-hybridized carbons (Fsp3) is 0.700. The Morgan fingerprint density at radius 1 is 1.69 bits per heavy atom. The highest BCUT2D eigenvalue weighted by atomic mass is 35.5. The van der Waals surface area contributed by atoms with Gasteiger partial charge in [-0.2, -0.15) is 0 Å². The highest BCUT2D eigenvalue weighted by Crippen LogP contribution is 2.15. The van der Waals surface area contributed by atoms with Crippen molar-refractivity contribution in [2.45, 2.75) is 19.8 Å². The minimum absolute atomic E-state index is 0.248. The summed E-state index contributed by atoms with van der Waals surface area (Å²) in [7, 11) is 0. The summed E-state index contributed by atoms with van der Waals surface area (Å²) in [6.07, 6.45) is 3.58. The molecule has 0 bridgehead atoms. The first-order chi connectivity index (χ1) is 6.27. The summed E-state index contributed by atoms with van der Waals surface area (Å²) in [4.78, 5) is 13.6. The average Bonchev–Trinajstić information content (AvgIpc) is 2.16. The molecule has 1 rings (SSSR count). The molecular formula is C10H16ClNO. The number of Topliss-reactive ketones (excluding diaryl/α,β-unsaturated/α-hetero) is 1. The van der Waals surface area contributed by atoms with Crippen molar-refractivity contribution in [2.24, 2.45) is 5.92 Å². The molecule has 0 N–H and O–H groups in total. The molecule has 0 aliphatic carbocycles. The molecule has 0 aromatic heterocycles. The van der Waals surface area contributed by atoms with Gasteiger partial charge in [-0.1, -0.05) is 24.6 Å². The summed E-state index contributed by atoms with van der Waals surface area (Å²) in [6, 6.07) is 0. The molecule has 1 atom stereocenters. The van der Waals surface area contributed by atoms with E-state index in [4.69, 9.17) is 11.6 Å². The lowest BCUT2D eigenvalue weighted by Gasteiger charge is -2.30. The number of halogens is 1. The van der Waals surface area contributed by atoms with Crippen molar-refractivity contribution in [3.63, 3.8) is 0 Å². The predicted octanol–water partition coefficient (Wildman–Crippen LogP) is 2.04. The lowest BCUT2D eigenvalue weighted by Crippen LogP contribution is -2.40. The quantitative estimate of drug-likeness (QED) is 0.697.